The monoisotopic (exact) mass is 557 g/mol. The molecule has 4 nitrogen and oxygen atoms in total. The average Bonchev–Trinajstić information content (AvgIpc) is 3.11. The van der Waals surface area contributed by atoms with E-state index in [1.54, 1.807) is 23.8 Å². The number of thiocarbonyl (C=S) groups is 1. The highest BCUT2D eigenvalue weighted by Gasteiger charge is 2.33. The van der Waals surface area contributed by atoms with E-state index < -0.39 is 0 Å². The SMILES string of the molecule is COc1cc(/C=C2\SC(=S)N(c3cccc(SC)c3)C2=O)ccc1OCc1ccc(Br)cc1. The normalized spacial score (nSPS) is 14.8. The molecule has 0 spiro atoms. The zero-order valence-electron chi connectivity index (χ0n) is 17.9. The summed E-state index contributed by atoms with van der Waals surface area (Å²) in [5, 5.41) is 0. The van der Waals surface area contributed by atoms with Gasteiger partial charge in [-0.15, -0.1) is 11.8 Å². The standard InChI is InChI=1S/C25H20BrNO3S3/c1-29-22-12-17(8-11-21(22)30-15-16-6-9-18(26)10-7-16)13-23-24(28)27(25(31)33-23)19-4-3-5-20(14-19)32-2/h3-14H,15H2,1-2H3/b23-13-. The molecule has 0 aromatic heterocycles. The maximum atomic E-state index is 13.1. The smallest absolute Gasteiger partial charge is 0.270 e. The predicted molar refractivity (Wildman–Crippen MR) is 145 cm³/mol. The maximum Gasteiger partial charge on any atom is 0.270 e. The Morgan fingerprint density at radius 1 is 1.09 bits per heavy atom. The van der Waals surface area contributed by atoms with Gasteiger partial charge in [-0.05, 0) is 65.9 Å². The second-order valence-corrected chi connectivity index (χ2v) is 10.5. The number of carbonyl (C=O) groups excluding carboxylic acids is 1. The summed E-state index contributed by atoms with van der Waals surface area (Å²) in [5.41, 5.74) is 2.67. The van der Waals surface area contributed by atoms with Crippen LogP contribution in [0.3, 0.4) is 0 Å². The van der Waals surface area contributed by atoms with E-state index in [-0.39, 0.29) is 5.91 Å². The molecule has 3 aromatic rings. The number of rotatable bonds is 7. The van der Waals surface area contributed by atoms with Crippen LogP contribution in [0.2, 0.25) is 0 Å². The van der Waals surface area contributed by atoms with Gasteiger partial charge in [-0.25, -0.2) is 0 Å². The van der Waals surface area contributed by atoms with Gasteiger partial charge in [0.25, 0.3) is 5.91 Å². The Bertz CT molecular complexity index is 1230. The average molecular weight is 559 g/mol. The minimum atomic E-state index is -0.127. The van der Waals surface area contributed by atoms with Crippen LogP contribution in [-0.4, -0.2) is 23.6 Å². The lowest BCUT2D eigenvalue weighted by Gasteiger charge is -2.15. The van der Waals surface area contributed by atoms with Crippen molar-refractivity contribution in [1.29, 1.82) is 0 Å². The largest absolute Gasteiger partial charge is 0.493 e. The van der Waals surface area contributed by atoms with Crippen LogP contribution in [0.4, 0.5) is 5.69 Å². The van der Waals surface area contributed by atoms with E-state index in [0.29, 0.717) is 27.3 Å². The summed E-state index contributed by atoms with van der Waals surface area (Å²) < 4.78 is 13.0. The van der Waals surface area contributed by atoms with Crippen molar-refractivity contribution < 1.29 is 14.3 Å². The molecule has 0 saturated carbocycles. The second-order valence-electron chi connectivity index (χ2n) is 7.04. The molecule has 0 unspecified atom stereocenters. The predicted octanol–water partition coefficient (Wildman–Crippen LogP) is 7.16. The maximum absolute atomic E-state index is 13.1. The van der Waals surface area contributed by atoms with Gasteiger partial charge in [0.1, 0.15) is 6.61 Å². The molecule has 8 heteroatoms. The molecular weight excluding hydrogens is 538 g/mol. The molecule has 33 heavy (non-hydrogen) atoms. The molecule has 168 valence electrons. The van der Waals surface area contributed by atoms with Gasteiger partial charge in [-0.1, -0.05) is 64.2 Å². The Morgan fingerprint density at radius 3 is 2.61 bits per heavy atom. The number of thioether (sulfide) groups is 2. The van der Waals surface area contributed by atoms with Crippen molar-refractivity contribution >= 4 is 73.7 Å². The molecule has 1 fully saturated rings. The van der Waals surface area contributed by atoms with Gasteiger partial charge in [-0.2, -0.15) is 0 Å². The molecule has 1 aliphatic heterocycles. The Balaban J connectivity index is 1.52. The van der Waals surface area contributed by atoms with Crippen LogP contribution in [0.25, 0.3) is 6.08 Å². The van der Waals surface area contributed by atoms with Crippen molar-refractivity contribution in [2.75, 3.05) is 18.3 Å². The summed E-state index contributed by atoms with van der Waals surface area (Å²) in [6, 6.07) is 21.4. The minimum Gasteiger partial charge on any atom is -0.493 e. The fraction of sp³-hybridized carbons (Fsp3) is 0.120. The third kappa shape index (κ3) is 5.63. The first-order valence-corrected chi connectivity index (χ1v) is 13.2. The van der Waals surface area contributed by atoms with E-state index in [1.807, 2.05) is 79.1 Å². The Kier molecular flexibility index (Phi) is 7.80. The minimum absolute atomic E-state index is 0.127. The highest BCUT2D eigenvalue weighted by Crippen LogP contribution is 2.38. The molecule has 1 amide bonds. The molecule has 1 aliphatic rings. The van der Waals surface area contributed by atoms with Crippen molar-refractivity contribution in [1.82, 2.24) is 0 Å². The van der Waals surface area contributed by atoms with Crippen molar-refractivity contribution in [2.45, 2.75) is 11.5 Å². The summed E-state index contributed by atoms with van der Waals surface area (Å²) in [7, 11) is 1.60. The quantitative estimate of drug-likeness (QED) is 0.174. The van der Waals surface area contributed by atoms with Crippen molar-refractivity contribution in [2.24, 2.45) is 0 Å². The number of benzene rings is 3. The van der Waals surface area contributed by atoms with Gasteiger partial charge < -0.3 is 9.47 Å². The van der Waals surface area contributed by atoms with Gasteiger partial charge in [0.05, 0.1) is 17.7 Å². The Hall–Kier alpha value is -2.26. The first-order chi connectivity index (χ1) is 16.0. The molecule has 0 atom stereocenters. The van der Waals surface area contributed by atoms with E-state index in [2.05, 4.69) is 15.9 Å². The number of amides is 1. The summed E-state index contributed by atoms with van der Waals surface area (Å²) in [6.45, 7) is 0.427. The molecule has 0 bridgehead atoms. The lowest BCUT2D eigenvalue weighted by Crippen LogP contribution is -2.27. The summed E-state index contributed by atoms with van der Waals surface area (Å²) in [6.07, 6.45) is 3.84. The van der Waals surface area contributed by atoms with Crippen molar-refractivity contribution in [3.8, 4) is 11.5 Å². The lowest BCUT2D eigenvalue weighted by molar-refractivity contribution is -0.113. The zero-order chi connectivity index (χ0) is 23.4. The number of carbonyl (C=O) groups is 1. The van der Waals surface area contributed by atoms with Crippen LogP contribution in [0.15, 0.2) is 81.0 Å². The van der Waals surface area contributed by atoms with Gasteiger partial charge in [0.2, 0.25) is 0 Å². The number of ether oxygens (including phenoxy) is 2. The summed E-state index contributed by atoms with van der Waals surface area (Å²) >= 11 is 11.9. The second kappa shape index (κ2) is 10.8. The number of hydrogen-bond acceptors (Lipinski definition) is 6. The number of halogens is 1. The van der Waals surface area contributed by atoms with Crippen LogP contribution in [0, 0.1) is 0 Å². The first kappa shape index (κ1) is 23.9. The van der Waals surface area contributed by atoms with Gasteiger partial charge in [-0.3, -0.25) is 9.69 Å². The highest BCUT2D eigenvalue weighted by molar-refractivity contribution is 9.10. The first-order valence-electron chi connectivity index (χ1n) is 9.96. The van der Waals surface area contributed by atoms with Crippen LogP contribution in [0.1, 0.15) is 11.1 Å². The van der Waals surface area contributed by atoms with Crippen LogP contribution in [0.5, 0.6) is 11.5 Å². The Labute approximate surface area is 215 Å². The molecule has 0 aliphatic carbocycles. The van der Waals surface area contributed by atoms with E-state index in [9.17, 15) is 4.79 Å². The van der Waals surface area contributed by atoms with E-state index in [1.165, 1.54) is 11.8 Å². The highest BCUT2D eigenvalue weighted by atomic mass is 79.9. The molecule has 1 saturated heterocycles. The zero-order valence-corrected chi connectivity index (χ0v) is 21.9. The number of methoxy groups -OCH3 is 1. The number of nitrogens with zero attached hydrogens (tertiary/aromatic N) is 1. The fourth-order valence-electron chi connectivity index (χ4n) is 3.23. The van der Waals surface area contributed by atoms with E-state index in [4.69, 9.17) is 21.7 Å². The fourth-order valence-corrected chi connectivity index (χ4v) is 5.24. The van der Waals surface area contributed by atoms with Crippen molar-refractivity contribution in [3.05, 3.63) is 87.2 Å². The molecule has 1 heterocycles. The topological polar surface area (TPSA) is 38.8 Å². The Morgan fingerprint density at radius 2 is 1.88 bits per heavy atom. The number of hydrogen-bond donors (Lipinski definition) is 0. The molecule has 3 aromatic carbocycles. The third-order valence-corrected chi connectivity index (χ3v) is 7.45. The van der Waals surface area contributed by atoms with E-state index in [0.717, 1.165) is 26.2 Å². The summed E-state index contributed by atoms with van der Waals surface area (Å²) in [4.78, 5) is 16.3. The molecule has 0 N–H and O–H groups in total. The number of anilines is 1. The molecular formula is C25H20BrNO3S3. The van der Waals surface area contributed by atoms with Gasteiger partial charge in [0, 0.05) is 9.37 Å². The van der Waals surface area contributed by atoms with Crippen LogP contribution in [-0.2, 0) is 11.4 Å². The summed E-state index contributed by atoms with van der Waals surface area (Å²) in [5.74, 6) is 1.11. The molecule has 0 radical (unpaired) electrons. The van der Waals surface area contributed by atoms with Crippen molar-refractivity contribution in [3.63, 3.8) is 0 Å². The van der Waals surface area contributed by atoms with Gasteiger partial charge >= 0.3 is 0 Å². The van der Waals surface area contributed by atoms with Gasteiger partial charge in [0.15, 0.2) is 15.8 Å². The molecule has 4 rings (SSSR count). The third-order valence-electron chi connectivity index (χ3n) is 4.90. The van der Waals surface area contributed by atoms with Crippen LogP contribution < -0.4 is 14.4 Å². The van der Waals surface area contributed by atoms with Crippen LogP contribution >= 0.6 is 51.7 Å². The lowest BCUT2D eigenvalue weighted by atomic mass is 10.1. The van der Waals surface area contributed by atoms with E-state index >= 15 is 0 Å².